The summed E-state index contributed by atoms with van der Waals surface area (Å²) in [5, 5.41) is 6.70. The molecule has 0 bridgehead atoms. The van der Waals surface area contributed by atoms with Crippen molar-refractivity contribution in [2.45, 2.75) is 20.3 Å². The Morgan fingerprint density at radius 2 is 2.10 bits per heavy atom. The number of rotatable bonds is 3. The molecule has 0 spiro atoms. The molecule has 20 heavy (non-hydrogen) atoms. The van der Waals surface area contributed by atoms with E-state index in [-0.39, 0.29) is 0 Å². The fourth-order valence-corrected chi connectivity index (χ4v) is 2.95. The number of nitrogens with one attached hydrogen (secondary N) is 2. The van der Waals surface area contributed by atoms with Crippen LogP contribution in [0.5, 0.6) is 0 Å². The molecule has 1 aliphatic rings. The van der Waals surface area contributed by atoms with Gasteiger partial charge in [-0.05, 0) is 25.0 Å². The molecule has 3 heterocycles. The van der Waals surface area contributed by atoms with Crippen LogP contribution in [-0.4, -0.2) is 42.6 Å². The molecule has 1 saturated heterocycles. The summed E-state index contributed by atoms with van der Waals surface area (Å²) >= 11 is 0. The zero-order chi connectivity index (χ0) is 14.1. The highest BCUT2D eigenvalue weighted by Gasteiger charge is 2.16. The molecule has 0 aromatic carbocycles. The molecular weight excluding hydrogens is 250 g/mol. The van der Waals surface area contributed by atoms with Crippen LogP contribution in [0.4, 0.5) is 11.5 Å². The summed E-state index contributed by atoms with van der Waals surface area (Å²) in [6.07, 6.45) is 3.16. The van der Waals surface area contributed by atoms with Gasteiger partial charge in [0.05, 0.1) is 11.4 Å². The first-order valence-electron chi connectivity index (χ1n) is 7.39. The Bertz CT molecular complexity index is 610. The van der Waals surface area contributed by atoms with E-state index >= 15 is 0 Å². The second-order valence-electron chi connectivity index (χ2n) is 5.32. The van der Waals surface area contributed by atoms with Crippen LogP contribution in [0, 0.1) is 6.92 Å². The maximum Gasteiger partial charge on any atom is 0.141 e. The van der Waals surface area contributed by atoms with Crippen LogP contribution in [0.25, 0.3) is 5.65 Å². The second-order valence-corrected chi connectivity index (χ2v) is 5.32. The van der Waals surface area contributed by atoms with Crippen molar-refractivity contribution in [1.82, 2.24) is 14.7 Å². The van der Waals surface area contributed by atoms with E-state index in [2.05, 4.69) is 46.0 Å². The van der Waals surface area contributed by atoms with Gasteiger partial charge in [0.25, 0.3) is 0 Å². The van der Waals surface area contributed by atoms with Gasteiger partial charge in [0, 0.05) is 39.4 Å². The SMILES string of the molecule is CCc1nc2c(C)cc(N3CCNCC3)cn2c1NC. The maximum atomic E-state index is 4.76. The third-order valence-electron chi connectivity index (χ3n) is 4.02. The Morgan fingerprint density at radius 1 is 1.35 bits per heavy atom. The molecule has 2 aromatic rings. The van der Waals surface area contributed by atoms with Crippen LogP contribution in [0.2, 0.25) is 0 Å². The molecule has 0 saturated carbocycles. The largest absolute Gasteiger partial charge is 0.373 e. The average Bonchev–Trinajstić information content (AvgIpc) is 2.86. The van der Waals surface area contributed by atoms with Crippen molar-refractivity contribution in [1.29, 1.82) is 0 Å². The molecule has 5 nitrogen and oxygen atoms in total. The summed E-state index contributed by atoms with van der Waals surface area (Å²) in [4.78, 5) is 7.20. The van der Waals surface area contributed by atoms with Crippen molar-refractivity contribution >= 4 is 17.2 Å². The quantitative estimate of drug-likeness (QED) is 0.892. The van der Waals surface area contributed by atoms with Crippen molar-refractivity contribution in [3.05, 3.63) is 23.5 Å². The van der Waals surface area contributed by atoms with E-state index in [4.69, 9.17) is 4.98 Å². The summed E-state index contributed by atoms with van der Waals surface area (Å²) in [5.41, 5.74) is 4.71. The third kappa shape index (κ3) is 2.12. The minimum Gasteiger partial charge on any atom is -0.373 e. The highest BCUT2D eigenvalue weighted by molar-refractivity contribution is 5.64. The first-order valence-corrected chi connectivity index (χ1v) is 7.39. The average molecular weight is 273 g/mol. The lowest BCUT2D eigenvalue weighted by molar-refractivity contribution is 0.588. The van der Waals surface area contributed by atoms with Gasteiger partial charge in [-0.1, -0.05) is 6.92 Å². The van der Waals surface area contributed by atoms with E-state index in [1.807, 2.05) is 7.05 Å². The van der Waals surface area contributed by atoms with Crippen molar-refractivity contribution < 1.29 is 0 Å². The molecule has 2 aromatic heterocycles. The summed E-state index contributed by atoms with van der Waals surface area (Å²) in [6, 6.07) is 2.26. The lowest BCUT2D eigenvalue weighted by Gasteiger charge is -2.29. The van der Waals surface area contributed by atoms with Gasteiger partial charge in [0.15, 0.2) is 0 Å². The Morgan fingerprint density at radius 3 is 2.75 bits per heavy atom. The molecule has 108 valence electrons. The van der Waals surface area contributed by atoms with Gasteiger partial charge in [-0.2, -0.15) is 0 Å². The number of hydrogen-bond acceptors (Lipinski definition) is 4. The minimum atomic E-state index is 0.945. The van der Waals surface area contributed by atoms with Crippen LogP contribution in [-0.2, 0) is 6.42 Å². The van der Waals surface area contributed by atoms with Crippen molar-refractivity contribution in [2.24, 2.45) is 0 Å². The summed E-state index contributed by atoms with van der Waals surface area (Å²) < 4.78 is 2.20. The molecule has 0 radical (unpaired) electrons. The van der Waals surface area contributed by atoms with Crippen molar-refractivity contribution in [3.8, 4) is 0 Å². The first kappa shape index (κ1) is 13.2. The van der Waals surface area contributed by atoms with Crippen LogP contribution in [0.15, 0.2) is 12.3 Å². The monoisotopic (exact) mass is 273 g/mol. The van der Waals surface area contributed by atoms with E-state index < -0.39 is 0 Å². The van der Waals surface area contributed by atoms with Crippen LogP contribution in [0.3, 0.4) is 0 Å². The predicted octanol–water partition coefficient (Wildman–Crippen LogP) is 1.66. The van der Waals surface area contributed by atoms with Crippen molar-refractivity contribution in [3.63, 3.8) is 0 Å². The molecule has 1 aliphatic heterocycles. The highest BCUT2D eigenvalue weighted by atomic mass is 15.2. The Balaban J connectivity index is 2.11. The highest BCUT2D eigenvalue weighted by Crippen LogP contribution is 2.26. The lowest BCUT2D eigenvalue weighted by atomic mass is 10.2. The van der Waals surface area contributed by atoms with Crippen LogP contribution >= 0.6 is 0 Å². The van der Waals surface area contributed by atoms with Crippen LogP contribution < -0.4 is 15.5 Å². The van der Waals surface area contributed by atoms with E-state index in [0.717, 1.165) is 49.8 Å². The number of fused-ring (bicyclic) bond motifs is 1. The number of aromatic nitrogens is 2. The number of nitrogens with zero attached hydrogens (tertiary/aromatic N) is 3. The van der Waals surface area contributed by atoms with Crippen molar-refractivity contribution in [2.75, 3.05) is 43.4 Å². The zero-order valence-electron chi connectivity index (χ0n) is 12.5. The summed E-state index contributed by atoms with van der Waals surface area (Å²) in [6.45, 7) is 8.53. The molecular formula is C15H23N5. The molecule has 5 heteroatoms. The maximum absolute atomic E-state index is 4.76. The summed E-state index contributed by atoms with van der Waals surface area (Å²) in [5.74, 6) is 1.11. The summed E-state index contributed by atoms with van der Waals surface area (Å²) in [7, 11) is 1.97. The predicted molar refractivity (Wildman–Crippen MR) is 83.9 cm³/mol. The van der Waals surface area contributed by atoms with Gasteiger partial charge < -0.3 is 15.5 Å². The standard InChI is InChI=1S/C15H23N5/c1-4-13-15(16-3)20-10-12(9-11(2)14(20)18-13)19-7-5-17-6-8-19/h9-10,16-17H,4-8H2,1-3H3. The first-order chi connectivity index (χ1) is 9.74. The number of pyridine rings is 1. The number of anilines is 2. The number of hydrogen-bond donors (Lipinski definition) is 2. The number of imidazole rings is 1. The van der Waals surface area contributed by atoms with Gasteiger partial charge >= 0.3 is 0 Å². The van der Waals surface area contributed by atoms with E-state index in [9.17, 15) is 0 Å². The number of aryl methyl sites for hydroxylation is 2. The second kappa shape index (κ2) is 5.32. The Hall–Kier alpha value is -1.75. The molecule has 0 atom stereocenters. The molecule has 1 fully saturated rings. The smallest absolute Gasteiger partial charge is 0.141 e. The molecule has 0 amide bonds. The third-order valence-corrected chi connectivity index (χ3v) is 4.02. The van der Waals surface area contributed by atoms with E-state index in [0.29, 0.717) is 0 Å². The fourth-order valence-electron chi connectivity index (χ4n) is 2.95. The van der Waals surface area contributed by atoms with Gasteiger partial charge in [-0.15, -0.1) is 0 Å². The van der Waals surface area contributed by atoms with Gasteiger partial charge in [0.1, 0.15) is 11.5 Å². The van der Waals surface area contributed by atoms with Gasteiger partial charge in [-0.3, -0.25) is 4.40 Å². The molecule has 3 rings (SSSR count). The normalized spacial score (nSPS) is 15.8. The van der Waals surface area contributed by atoms with Crippen LogP contribution in [0.1, 0.15) is 18.2 Å². The van der Waals surface area contributed by atoms with Gasteiger partial charge in [-0.25, -0.2) is 4.98 Å². The lowest BCUT2D eigenvalue weighted by Crippen LogP contribution is -2.43. The fraction of sp³-hybridized carbons (Fsp3) is 0.533. The van der Waals surface area contributed by atoms with E-state index in [1.165, 1.54) is 11.3 Å². The Labute approximate surface area is 120 Å². The molecule has 2 N–H and O–H groups in total. The molecule has 0 aliphatic carbocycles. The number of piperazine rings is 1. The topological polar surface area (TPSA) is 44.6 Å². The minimum absolute atomic E-state index is 0.945. The Kier molecular flexibility index (Phi) is 3.53. The zero-order valence-corrected chi connectivity index (χ0v) is 12.5. The van der Waals surface area contributed by atoms with Gasteiger partial charge in [0.2, 0.25) is 0 Å². The molecule has 0 unspecified atom stereocenters. The van der Waals surface area contributed by atoms with E-state index in [1.54, 1.807) is 0 Å².